The van der Waals surface area contributed by atoms with Gasteiger partial charge in [-0.3, -0.25) is 10.00 Å². The fourth-order valence-electron chi connectivity index (χ4n) is 4.67. The van der Waals surface area contributed by atoms with Gasteiger partial charge >= 0.3 is 6.18 Å². The number of nitrogens with one attached hydrogen (secondary N) is 1. The van der Waals surface area contributed by atoms with Gasteiger partial charge in [-0.2, -0.15) is 18.3 Å². The molecule has 11 heteroatoms. The minimum Gasteiger partial charge on any atom is -0.478 e. The van der Waals surface area contributed by atoms with Gasteiger partial charge in [0, 0.05) is 48.9 Å². The fraction of sp³-hybridized carbons (Fsp3) is 0.478. The monoisotopic (exact) mass is 476 g/mol. The van der Waals surface area contributed by atoms with Crippen LogP contribution < -0.4 is 15.4 Å². The predicted octanol–water partition coefficient (Wildman–Crippen LogP) is 3.22. The Bertz CT molecular complexity index is 1160. The molecule has 0 radical (unpaired) electrons. The van der Waals surface area contributed by atoms with Crippen LogP contribution >= 0.6 is 0 Å². The van der Waals surface area contributed by atoms with Crippen LogP contribution in [0.2, 0.25) is 0 Å². The zero-order valence-electron chi connectivity index (χ0n) is 18.7. The van der Waals surface area contributed by atoms with Gasteiger partial charge in [0.15, 0.2) is 0 Å². The van der Waals surface area contributed by atoms with Crippen molar-refractivity contribution in [2.45, 2.75) is 25.6 Å². The summed E-state index contributed by atoms with van der Waals surface area (Å²) in [4.78, 5) is 8.65. The number of nitrogens with zero attached hydrogens (tertiary/aromatic N) is 4. The number of rotatable bonds is 6. The van der Waals surface area contributed by atoms with Crippen LogP contribution in [0.15, 0.2) is 24.4 Å². The summed E-state index contributed by atoms with van der Waals surface area (Å²) in [6.45, 7) is 5.34. The van der Waals surface area contributed by atoms with Gasteiger partial charge in [0.2, 0.25) is 5.88 Å². The molecule has 4 heterocycles. The third-order valence-corrected chi connectivity index (χ3v) is 6.38. The molecule has 34 heavy (non-hydrogen) atoms. The Kier molecular flexibility index (Phi) is 6.22. The van der Waals surface area contributed by atoms with Crippen LogP contribution in [0, 0.1) is 0 Å². The summed E-state index contributed by atoms with van der Waals surface area (Å²) in [6.07, 6.45) is -1.72. The number of nitrogens with two attached hydrogens (primary N) is 1. The smallest absolute Gasteiger partial charge is 0.418 e. The van der Waals surface area contributed by atoms with Gasteiger partial charge in [0.1, 0.15) is 0 Å². The molecule has 1 aromatic carbocycles. The van der Waals surface area contributed by atoms with E-state index in [0.29, 0.717) is 47.7 Å². The van der Waals surface area contributed by atoms with Crippen molar-refractivity contribution in [2.24, 2.45) is 0 Å². The number of ether oxygens (including phenoxy) is 2. The highest BCUT2D eigenvalue weighted by Gasteiger charge is 2.37. The molecule has 2 aromatic heterocycles. The largest absolute Gasteiger partial charge is 0.478 e. The lowest BCUT2D eigenvalue weighted by Gasteiger charge is -2.33. The van der Waals surface area contributed by atoms with Crippen LogP contribution in [-0.4, -0.2) is 66.1 Å². The van der Waals surface area contributed by atoms with Gasteiger partial charge in [-0.05, 0) is 25.0 Å². The summed E-state index contributed by atoms with van der Waals surface area (Å²) in [5.74, 6) is 0.401. The van der Waals surface area contributed by atoms with E-state index in [1.54, 1.807) is 11.0 Å². The molecular weight excluding hydrogens is 449 g/mol. The number of anilines is 2. The highest BCUT2D eigenvalue weighted by atomic mass is 19.4. The van der Waals surface area contributed by atoms with Crippen molar-refractivity contribution >= 4 is 22.3 Å². The van der Waals surface area contributed by atoms with Crippen LogP contribution in [0.5, 0.6) is 5.88 Å². The first kappa shape index (κ1) is 22.7. The van der Waals surface area contributed by atoms with E-state index in [4.69, 9.17) is 15.2 Å². The third-order valence-electron chi connectivity index (χ3n) is 6.38. The predicted molar refractivity (Wildman–Crippen MR) is 122 cm³/mol. The molecule has 0 amide bonds. The van der Waals surface area contributed by atoms with Crippen LogP contribution in [-0.2, 0) is 23.9 Å². The number of nitrogen functional groups attached to an aromatic ring is 1. The zero-order chi connectivity index (χ0) is 23.7. The molecule has 3 N–H and O–H groups in total. The van der Waals surface area contributed by atoms with Crippen LogP contribution in [0.1, 0.15) is 23.2 Å². The van der Waals surface area contributed by atoms with Crippen molar-refractivity contribution in [2.75, 3.05) is 56.6 Å². The van der Waals surface area contributed by atoms with E-state index < -0.39 is 11.7 Å². The van der Waals surface area contributed by atoms with Crippen LogP contribution in [0.25, 0.3) is 10.9 Å². The number of hydrogen-bond donors (Lipinski definition) is 2. The number of alkyl halides is 3. The van der Waals surface area contributed by atoms with Crippen LogP contribution in [0.3, 0.4) is 0 Å². The molecule has 0 atom stereocenters. The maximum Gasteiger partial charge on any atom is 0.418 e. The summed E-state index contributed by atoms with van der Waals surface area (Å²) in [5, 5.41) is 7.13. The first-order chi connectivity index (χ1) is 16.4. The maximum absolute atomic E-state index is 13.8. The van der Waals surface area contributed by atoms with E-state index in [9.17, 15) is 13.2 Å². The lowest BCUT2D eigenvalue weighted by molar-refractivity contribution is -0.137. The minimum atomic E-state index is -4.49. The number of pyridine rings is 1. The minimum absolute atomic E-state index is 0.113. The van der Waals surface area contributed by atoms with Crippen molar-refractivity contribution in [3.8, 4) is 5.88 Å². The Labute approximate surface area is 194 Å². The molecule has 182 valence electrons. The summed E-state index contributed by atoms with van der Waals surface area (Å²) in [5.41, 5.74) is 8.31. The summed E-state index contributed by atoms with van der Waals surface area (Å²) < 4.78 is 52.8. The molecule has 0 spiro atoms. The molecule has 2 aliphatic heterocycles. The number of aromatic nitrogens is 3. The lowest BCUT2D eigenvalue weighted by Crippen LogP contribution is -2.37. The number of fused-ring (bicyclic) bond motifs is 2. The van der Waals surface area contributed by atoms with Crippen molar-refractivity contribution in [1.29, 1.82) is 0 Å². The van der Waals surface area contributed by atoms with Gasteiger partial charge < -0.3 is 20.1 Å². The van der Waals surface area contributed by atoms with E-state index in [1.165, 1.54) is 12.3 Å². The third kappa shape index (κ3) is 4.62. The second-order valence-corrected chi connectivity index (χ2v) is 8.59. The lowest BCUT2D eigenvalue weighted by atomic mass is 10.00. The average molecular weight is 477 g/mol. The second-order valence-electron chi connectivity index (χ2n) is 8.59. The summed E-state index contributed by atoms with van der Waals surface area (Å²) in [6, 6.07) is 4.22. The summed E-state index contributed by atoms with van der Waals surface area (Å²) in [7, 11) is 0. The van der Waals surface area contributed by atoms with E-state index in [0.717, 1.165) is 50.9 Å². The van der Waals surface area contributed by atoms with E-state index in [-0.39, 0.29) is 12.2 Å². The van der Waals surface area contributed by atoms with E-state index in [1.807, 2.05) is 0 Å². The van der Waals surface area contributed by atoms with Gasteiger partial charge in [0.25, 0.3) is 0 Å². The molecule has 3 aromatic rings. The van der Waals surface area contributed by atoms with Gasteiger partial charge in [-0.25, -0.2) is 4.98 Å². The Balaban J connectivity index is 1.34. The molecule has 1 saturated heterocycles. The molecule has 0 saturated carbocycles. The van der Waals surface area contributed by atoms with Crippen molar-refractivity contribution < 1.29 is 22.6 Å². The number of H-pyrrole nitrogens is 1. The zero-order valence-corrected chi connectivity index (χ0v) is 18.7. The van der Waals surface area contributed by atoms with Crippen molar-refractivity contribution in [3.05, 3.63) is 41.2 Å². The number of hydrogen-bond acceptors (Lipinski definition) is 7. The molecule has 0 unspecified atom stereocenters. The van der Waals surface area contributed by atoms with Gasteiger partial charge in [-0.1, -0.05) is 0 Å². The maximum atomic E-state index is 13.8. The van der Waals surface area contributed by atoms with Crippen molar-refractivity contribution in [3.63, 3.8) is 0 Å². The first-order valence-electron chi connectivity index (χ1n) is 11.4. The standard InChI is InChI=1S/C23H27F3N6O2/c24-23(25,26)17-2-3-19-16(13-28-30-19)22(17)32-6-4-15-18(27)12-21(29-20(15)14-32)34-9-1-5-31-7-10-33-11-8-31/h2-3,12-13H,1,4-11,14H2,(H2,27,29)(H,28,30). The Morgan fingerprint density at radius 2 is 2.00 bits per heavy atom. The normalized spacial score (nSPS) is 17.2. The van der Waals surface area contributed by atoms with Crippen LogP contribution in [0.4, 0.5) is 24.5 Å². The molecule has 1 fully saturated rings. The van der Waals surface area contributed by atoms with E-state index >= 15 is 0 Å². The topological polar surface area (TPSA) is 92.5 Å². The average Bonchev–Trinajstić information content (AvgIpc) is 3.30. The quantitative estimate of drug-likeness (QED) is 0.528. The number of aromatic amines is 1. The van der Waals surface area contributed by atoms with E-state index in [2.05, 4.69) is 20.1 Å². The molecular formula is C23H27F3N6O2. The molecule has 0 aliphatic carbocycles. The Morgan fingerprint density at radius 3 is 2.79 bits per heavy atom. The Hall–Kier alpha value is -3.05. The molecule has 0 bridgehead atoms. The van der Waals surface area contributed by atoms with Gasteiger partial charge in [-0.15, -0.1) is 0 Å². The molecule has 5 rings (SSSR count). The number of morpholine rings is 1. The summed E-state index contributed by atoms with van der Waals surface area (Å²) >= 11 is 0. The Morgan fingerprint density at radius 1 is 1.18 bits per heavy atom. The van der Waals surface area contributed by atoms with Crippen molar-refractivity contribution in [1.82, 2.24) is 20.1 Å². The highest BCUT2D eigenvalue weighted by molar-refractivity contribution is 5.93. The first-order valence-corrected chi connectivity index (χ1v) is 11.4. The molecule has 2 aliphatic rings. The SMILES string of the molecule is Nc1cc(OCCCN2CCOCC2)nc2c1CCN(c1c(C(F)(F)F)ccc3[nH]ncc13)C2. The number of benzene rings is 1. The van der Waals surface area contributed by atoms with Gasteiger partial charge in [0.05, 0.1) is 55.0 Å². The number of halogens is 3. The fourth-order valence-corrected chi connectivity index (χ4v) is 4.67. The molecule has 8 nitrogen and oxygen atoms in total. The second kappa shape index (κ2) is 9.30. The highest BCUT2D eigenvalue weighted by Crippen LogP contribution is 2.42.